The smallest absolute Gasteiger partial charge is 0.251 e. The first-order valence-corrected chi connectivity index (χ1v) is 11.3. The molecule has 1 aliphatic rings. The highest BCUT2D eigenvalue weighted by Crippen LogP contribution is 2.19. The number of rotatable bonds is 10. The van der Waals surface area contributed by atoms with E-state index >= 15 is 0 Å². The van der Waals surface area contributed by atoms with Gasteiger partial charge in [0, 0.05) is 36.3 Å². The van der Waals surface area contributed by atoms with Gasteiger partial charge >= 0.3 is 0 Å². The van der Waals surface area contributed by atoms with Crippen molar-refractivity contribution < 1.29 is 34.8 Å². The number of terminal acetylenes is 1. The molecule has 35 heavy (non-hydrogen) atoms. The number of hydrogen-bond donors (Lipinski definition) is 5. The van der Waals surface area contributed by atoms with E-state index in [4.69, 9.17) is 11.2 Å². The molecule has 1 amide bonds. The van der Waals surface area contributed by atoms with Gasteiger partial charge < -0.3 is 30.5 Å². The summed E-state index contributed by atoms with van der Waals surface area (Å²) in [6.45, 7) is 0.650. The van der Waals surface area contributed by atoms with E-state index < -0.39 is 24.4 Å². The van der Waals surface area contributed by atoms with Gasteiger partial charge in [0.2, 0.25) is 0 Å². The van der Waals surface area contributed by atoms with Crippen LogP contribution in [0.15, 0.2) is 48.5 Å². The fraction of sp³-hybridized carbons (Fsp3) is 0.385. The van der Waals surface area contributed by atoms with Crippen LogP contribution in [0.5, 0.6) is 5.75 Å². The van der Waals surface area contributed by atoms with E-state index in [2.05, 4.69) is 11.2 Å². The molecule has 5 N–H and O–H groups in total. The van der Waals surface area contributed by atoms with E-state index in [1.807, 2.05) is 0 Å². The summed E-state index contributed by atoms with van der Waals surface area (Å²) in [7, 11) is 0. The molecule has 4 unspecified atom stereocenters. The molecule has 0 radical (unpaired) electrons. The third-order valence-corrected chi connectivity index (χ3v) is 5.97. The second kappa shape index (κ2) is 12.4. The van der Waals surface area contributed by atoms with Crippen molar-refractivity contribution in [3.05, 3.63) is 65.2 Å². The molecule has 2 aromatic rings. The van der Waals surface area contributed by atoms with Gasteiger partial charge in [0.15, 0.2) is 5.78 Å². The van der Waals surface area contributed by atoms with Crippen LogP contribution in [0.2, 0.25) is 0 Å². The number of benzene rings is 2. The van der Waals surface area contributed by atoms with Crippen molar-refractivity contribution >= 4 is 11.7 Å². The summed E-state index contributed by atoms with van der Waals surface area (Å²) in [5, 5.41) is 42.0. The van der Waals surface area contributed by atoms with Gasteiger partial charge in [-0.1, -0.05) is 18.1 Å². The Morgan fingerprint density at radius 2 is 1.60 bits per heavy atom. The number of β-amino-alcohol motifs (C(OH)–C–C–N with tert-alkyl or cyclic N) is 1. The van der Waals surface area contributed by atoms with Crippen molar-refractivity contribution in [2.24, 2.45) is 0 Å². The minimum atomic E-state index is -1.30. The number of carbonyl (C=O) groups excluding carboxylic acids is 2. The Morgan fingerprint density at radius 1 is 1.00 bits per heavy atom. The minimum Gasteiger partial charge on any atom is -0.481 e. The minimum absolute atomic E-state index is 0.119. The monoisotopic (exact) mass is 482 g/mol. The van der Waals surface area contributed by atoms with E-state index in [-0.39, 0.29) is 31.4 Å². The summed E-state index contributed by atoms with van der Waals surface area (Å²) in [6.07, 6.45) is 2.01. The number of amides is 1. The van der Waals surface area contributed by atoms with Gasteiger partial charge in [0.25, 0.3) is 5.91 Å². The Kier molecular flexibility index (Phi) is 9.37. The molecule has 3 rings (SSSR count). The molecule has 4 atom stereocenters. The highest BCUT2D eigenvalue weighted by Gasteiger charge is 2.40. The van der Waals surface area contributed by atoms with Crippen molar-refractivity contribution in [1.29, 1.82) is 0 Å². The van der Waals surface area contributed by atoms with Gasteiger partial charge in [-0.05, 0) is 42.8 Å². The van der Waals surface area contributed by atoms with Crippen LogP contribution < -0.4 is 10.1 Å². The summed E-state index contributed by atoms with van der Waals surface area (Å²) in [4.78, 5) is 26.8. The number of carbonyl (C=O) groups is 2. The van der Waals surface area contributed by atoms with Crippen LogP contribution in [0.3, 0.4) is 0 Å². The van der Waals surface area contributed by atoms with Crippen molar-refractivity contribution in [2.75, 3.05) is 32.8 Å². The summed E-state index contributed by atoms with van der Waals surface area (Å²) in [5.41, 5.74) is 1.33. The Morgan fingerprint density at radius 3 is 2.20 bits per heavy atom. The summed E-state index contributed by atoms with van der Waals surface area (Å²) in [6, 6.07) is 12.3. The number of piperidine rings is 1. The lowest BCUT2D eigenvalue weighted by molar-refractivity contribution is -0.144. The largest absolute Gasteiger partial charge is 0.481 e. The topological polar surface area (TPSA) is 140 Å². The third-order valence-electron chi connectivity index (χ3n) is 5.97. The van der Waals surface area contributed by atoms with Gasteiger partial charge in [-0.2, -0.15) is 0 Å². The second-order valence-corrected chi connectivity index (χ2v) is 8.33. The van der Waals surface area contributed by atoms with E-state index in [0.717, 1.165) is 0 Å². The molecule has 0 spiro atoms. The number of ketones is 1. The number of aliphatic hydroxyl groups is 4. The van der Waals surface area contributed by atoms with Crippen molar-refractivity contribution in [3.8, 4) is 18.1 Å². The molecule has 9 nitrogen and oxygen atoms in total. The van der Waals surface area contributed by atoms with Crippen molar-refractivity contribution in [3.63, 3.8) is 0 Å². The molecule has 1 saturated heterocycles. The van der Waals surface area contributed by atoms with Gasteiger partial charge in [0.1, 0.15) is 24.6 Å². The Bertz CT molecular complexity index is 1030. The van der Waals surface area contributed by atoms with Crippen molar-refractivity contribution in [1.82, 2.24) is 10.2 Å². The molecule has 0 saturated carbocycles. The fourth-order valence-electron chi connectivity index (χ4n) is 3.99. The van der Waals surface area contributed by atoms with Crippen LogP contribution in [0.25, 0.3) is 0 Å². The van der Waals surface area contributed by atoms with Crippen molar-refractivity contribution in [2.45, 2.75) is 30.8 Å². The average molecular weight is 483 g/mol. The molecule has 186 valence electrons. The van der Waals surface area contributed by atoms with Gasteiger partial charge in [-0.3, -0.25) is 14.5 Å². The first-order chi connectivity index (χ1) is 16.8. The van der Waals surface area contributed by atoms with Gasteiger partial charge in [-0.15, -0.1) is 6.42 Å². The normalized spacial score (nSPS) is 22.3. The van der Waals surface area contributed by atoms with Crippen LogP contribution in [0.4, 0.5) is 0 Å². The molecular formula is C26H30N2O7. The lowest BCUT2D eigenvalue weighted by atomic mass is 9.94. The zero-order chi connectivity index (χ0) is 25.4. The molecule has 0 aliphatic carbocycles. The maximum Gasteiger partial charge on any atom is 0.251 e. The van der Waals surface area contributed by atoms with Gasteiger partial charge in [0.05, 0.1) is 18.8 Å². The maximum atomic E-state index is 12.7. The quantitative estimate of drug-likeness (QED) is 0.178. The summed E-state index contributed by atoms with van der Waals surface area (Å²) < 4.78 is 5.30. The Balaban J connectivity index is 1.48. The number of hydrogen-bond acceptors (Lipinski definition) is 8. The molecule has 9 heteroatoms. The SMILES string of the molecule is C#CCOc1ccc(C(=O)c2ccc(C(=O)NCCCN3CC(O)C(O)C(O)C3CO)cc2)cc1. The number of aliphatic hydroxyl groups excluding tert-OH is 4. The zero-order valence-electron chi connectivity index (χ0n) is 19.2. The molecule has 1 fully saturated rings. The van der Waals surface area contributed by atoms with Crippen LogP contribution >= 0.6 is 0 Å². The lowest BCUT2D eigenvalue weighted by Crippen LogP contribution is -2.62. The molecule has 0 bridgehead atoms. The number of nitrogens with one attached hydrogen (secondary N) is 1. The zero-order valence-corrected chi connectivity index (χ0v) is 19.2. The Hall–Kier alpha value is -3.26. The predicted molar refractivity (Wildman–Crippen MR) is 128 cm³/mol. The molecule has 1 aliphatic heterocycles. The average Bonchev–Trinajstić information content (AvgIpc) is 2.88. The highest BCUT2D eigenvalue weighted by molar-refractivity contribution is 6.09. The summed E-state index contributed by atoms with van der Waals surface area (Å²) in [5.74, 6) is 2.46. The first kappa shape index (κ1) is 26.3. The van der Waals surface area contributed by atoms with E-state index in [1.54, 1.807) is 53.4 Å². The maximum absolute atomic E-state index is 12.7. The first-order valence-electron chi connectivity index (χ1n) is 11.3. The summed E-state index contributed by atoms with van der Waals surface area (Å²) >= 11 is 0. The van der Waals surface area contributed by atoms with Crippen LogP contribution in [0.1, 0.15) is 32.7 Å². The molecule has 1 heterocycles. The number of nitrogens with zero attached hydrogens (tertiary/aromatic N) is 1. The van der Waals surface area contributed by atoms with Gasteiger partial charge in [-0.25, -0.2) is 0 Å². The highest BCUT2D eigenvalue weighted by atomic mass is 16.5. The molecule has 0 aromatic heterocycles. The predicted octanol–water partition coefficient (Wildman–Crippen LogP) is -0.191. The Labute approximate surface area is 204 Å². The standard InChI is InChI=1S/C26H30N2O7/c1-2-14-35-20-10-8-18(9-11-20)23(31)17-4-6-19(7-5-17)26(34)27-12-3-13-28-15-22(30)25(33)24(32)21(28)16-29/h1,4-11,21-22,24-25,29-30,32-33H,3,12-16H2,(H,27,34). The van der Waals surface area contributed by atoms with E-state index in [9.17, 15) is 30.0 Å². The number of ether oxygens (including phenoxy) is 1. The third kappa shape index (κ3) is 6.66. The number of likely N-dealkylation sites (tertiary alicyclic amines) is 1. The second-order valence-electron chi connectivity index (χ2n) is 8.33. The van der Waals surface area contributed by atoms with Crippen LogP contribution in [0, 0.1) is 12.3 Å². The van der Waals surface area contributed by atoms with E-state index in [0.29, 0.717) is 42.0 Å². The molecular weight excluding hydrogens is 452 g/mol. The lowest BCUT2D eigenvalue weighted by Gasteiger charge is -2.43. The van der Waals surface area contributed by atoms with Crippen LogP contribution in [-0.4, -0.2) is 94.2 Å². The van der Waals surface area contributed by atoms with Crippen LogP contribution in [-0.2, 0) is 0 Å². The molecule has 2 aromatic carbocycles. The fourth-order valence-corrected chi connectivity index (χ4v) is 3.99. The van der Waals surface area contributed by atoms with E-state index in [1.165, 1.54) is 0 Å².